The Morgan fingerprint density at radius 1 is 0.405 bits per heavy atom. The molecule has 2 aliphatic carbocycles. The van der Waals surface area contributed by atoms with Gasteiger partial charge in [-0.25, -0.2) is 0 Å². The Morgan fingerprint density at radius 3 is 1.00 bits per heavy atom. The van der Waals surface area contributed by atoms with Gasteiger partial charge in [-0.05, 0) is 49.7 Å². The topological polar surface area (TPSA) is 0 Å². The fourth-order valence-corrected chi connectivity index (χ4v) is 12.7. The van der Waals surface area contributed by atoms with Gasteiger partial charge in [0.2, 0.25) is 7.38 Å². The molecule has 0 atom stereocenters. The van der Waals surface area contributed by atoms with Gasteiger partial charge in [-0.3, -0.25) is 0 Å². The summed E-state index contributed by atoms with van der Waals surface area (Å²) in [6.45, 7) is 0. The SMILES string of the molecule is Cl[Si](c1ccccc1)(C1c2ccccc2-c2ccccc21)C1c2ccccc2-c2ccccc21.[Cl-].[Cl-].[Hf]. The summed E-state index contributed by atoms with van der Waals surface area (Å²) in [4.78, 5) is 0. The summed E-state index contributed by atoms with van der Waals surface area (Å²) < 4.78 is 0. The van der Waals surface area contributed by atoms with Crippen LogP contribution in [-0.4, -0.2) is 7.38 Å². The number of hydrogen-bond donors (Lipinski definition) is 0. The summed E-state index contributed by atoms with van der Waals surface area (Å²) >= 11 is 8.33. The molecular formula is C32H23Cl3HfSi-2. The van der Waals surface area contributed by atoms with Crippen molar-refractivity contribution < 1.29 is 50.7 Å². The smallest absolute Gasteiger partial charge is 0.210 e. The molecule has 5 heteroatoms. The molecule has 0 N–H and O–H groups in total. The van der Waals surface area contributed by atoms with E-state index in [1.54, 1.807) is 0 Å². The molecule has 0 radical (unpaired) electrons. The van der Waals surface area contributed by atoms with Crippen molar-refractivity contribution in [2.45, 2.75) is 11.1 Å². The van der Waals surface area contributed by atoms with Crippen LogP contribution in [0.3, 0.4) is 0 Å². The van der Waals surface area contributed by atoms with Gasteiger partial charge in [0.05, 0.1) is 0 Å². The van der Waals surface area contributed by atoms with Gasteiger partial charge < -0.3 is 24.8 Å². The minimum absolute atomic E-state index is 0. The van der Waals surface area contributed by atoms with E-state index in [0.717, 1.165) is 0 Å². The zero-order chi connectivity index (χ0) is 22.7. The molecule has 0 spiro atoms. The normalized spacial score (nSPS) is 13.2. The molecule has 37 heavy (non-hydrogen) atoms. The number of fused-ring (bicyclic) bond motifs is 6. The molecule has 7 rings (SSSR count). The van der Waals surface area contributed by atoms with Crippen LogP contribution in [0.2, 0.25) is 0 Å². The quantitative estimate of drug-likeness (QED) is 0.197. The zero-order valence-electron chi connectivity index (χ0n) is 19.9. The molecule has 0 fully saturated rings. The molecule has 0 aromatic heterocycles. The Kier molecular flexibility index (Phi) is 8.38. The summed E-state index contributed by atoms with van der Waals surface area (Å²) in [5.41, 5.74) is 11.1. The zero-order valence-corrected chi connectivity index (χ0v) is 26.8. The van der Waals surface area contributed by atoms with Crippen molar-refractivity contribution >= 4 is 23.6 Å². The molecule has 2 aliphatic rings. The number of halogens is 3. The van der Waals surface area contributed by atoms with E-state index in [9.17, 15) is 0 Å². The van der Waals surface area contributed by atoms with Crippen molar-refractivity contribution in [2.24, 2.45) is 0 Å². The van der Waals surface area contributed by atoms with Crippen LogP contribution in [0, 0.1) is 0 Å². The van der Waals surface area contributed by atoms with E-state index in [1.165, 1.54) is 49.7 Å². The van der Waals surface area contributed by atoms with Gasteiger partial charge in [0.25, 0.3) is 0 Å². The standard InChI is InChI=1S/C32H23ClSi.2ClH.Hf/c33-34(22-12-2-1-3-13-22,31-27-18-8-4-14-23(27)24-15-5-9-19-28(24)31)32-29-20-10-6-16-25(29)26-17-7-11-21-30(26)32;;;/h1-21,31-32H;2*1H;/p-2. The van der Waals surface area contributed by atoms with Crippen LogP contribution < -0.4 is 30.0 Å². The first-order chi connectivity index (χ1) is 16.8. The maximum atomic E-state index is 8.33. The van der Waals surface area contributed by atoms with Crippen molar-refractivity contribution in [3.63, 3.8) is 0 Å². The predicted molar refractivity (Wildman–Crippen MR) is 145 cm³/mol. The van der Waals surface area contributed by atoms with E-state index >= 15 is 0 Å². The fraction of sp³-hybridized carbons (Fsp3) is 0.0625. The van der Waals surface area contributed by atoms with Crippen LogP contribution in [0.25, 0.3) is 22.3 Å². The Bertz CT molecular complexity index is 1370. The maximum Gasteiger partial charge on any atom is 0.210 e. The third-order valence-electron chi connectivity index (χ3n) is 7.72. The van der Waals surface area contributed by atoms with Crippen LogP contribution in [0.4, 0.5) is 0 Å². The number of benzene rings is 5. The minimum Gasteiger partial charge on any atom is -1.00 e. The Balaban J connectivity index is 0.00000107. The molecule has 0 amide bonds. The van der Waals surface area contributed by atoms with Crippen molar-refractivity contribution in [3.8, 4) is 22.3 Å². The molecule has 0 saturated carbocycles. The van der Waals surface area contributed by atoms with Gasteiger partial charge >= 0.3 is 0 Å². The largest absolute Gasteiger partial charge is 1.00 e. The Morgan fingerprint density at radius 2 is 0.676 bits per heavy atom. The maximum absolute atomic E-state index is 8.33. The van der Waals surface area contributed by atoms with Gasteiger partial charge in [0.15, 0.2) is 0 Å². The fourth-order valence-electron chi connectivity index (χ4n) is 6.41. The first-order valence-electron chi connectivity index (χ1n) is 11.9. The number of rotatable bonds is 3. The van der Waals surface area contributed by atoms with Crippen LogP contribution in [0.1, 0.15) is 33.3 Å². The molecule has 0 unspecified atom stereocenters. The summed E-state index contributed by atoms with van der Waals surface area (Å²) in [6.07, 6.45) is 0. The predicted octanol–water partition coefficient (Wildman–Crippen LogP) is 1.79. The van der Waals surface area contributed by atoms with Crippen molar-refractivity contribution in [1.82, 2.24) is 0 Å². The molecule has 0 bridgehead atoms. The Hall–Kier alpha value is -1.94. The molecule has 0 nitrogen and oxygen atoms in total. The van der Waals surface area contributed by atoms with E-state index in [0.29, 0.717) is 0 Å². The first-order valence-corrected chi connectivity index (χ1v) is 15.1. The average Bonchev–Trinajstić information content (AvgIpc) is 3.43. The van der Waals surface area contributed by atoms with Crippen LogP contribution in [0.15, 0.2) is 127 Å². The molecule has 5 aromatic carbocycles. The van der Waals surface area contributed by atoms with E-state index in [2.05, 4.69) is 127 Å². The van der Waals surface area contributed by atoms with Gasteiger partial charge in [-0.2, -0.15) is 11.1 Å². The summed E-state index contributed by atoms with van der Waals surface area (Å²) in [5, 5.41) is 1.30. The van der Waals surface area contributed by atoms with Gasteiger partial charge in [0.1, 0.15) is 0 Å². The first kappa shape index (κ1) is 28.1. The molecule has 5 aromatic rings. The van der Waals surface area contributed by atoms with Crippen molar-refractivity contribution in [2.75, 3.05) is 0 Å². The summed E-state index contributed by atoms with van der Waals surface area (Å²) in [5.74, 6) is 0. The van der Waals surface area contributed by atoms with E-state index < -0.39 is 7.38 Å². The minimum atomic E-state index is -2.79. The molecule has 0 aliphatic heterocycles. The van der Waals surface area contributed by atoms with Crippen LogP contribution in [0.5, 0.6) is 0 Å². The average molecular weight is 720 g/mol. The van der Waals surface area contributed by atoms with Crippen LogP contribution in [-0.2, 0) is 25.8 Å². The van der Waals surface area contributed by atoms with Gasteiger partial charge in [-0.15, -0.1) is 0 Å². The van der Waals surface area contributed by atoms with Gasteiger partial charge in [-0.1, -0.05) is 127 Å². The Labute approximate surface area is 255 Å². The third kappa shape index (κ3) is 4.13. The second-order valence-electron chi connectivity index (χ2n) is 9.35. The summed E-state index contributed by atoms with van der Waals surface area (Å²) in [7, 11) is -2.79. The molecule has 0 heterocycles. The second kappa shape index (κ2) is 11.0. The van der Waals surface area contributed by atoms with E-state index in [-0.39, 0.29) is 61.7 Å². The number of hydrogen-bond acceptors (Lipinski definition) is 0. The third-order valence-corrected chi connectivity index (χ3v) is 13.8. The molecule has 182 valence electrons. The van der Waals surface area contributed by atoms with Gasteiger partial charge in [0, 0.05) is 36.9 Å². The second-order valence-corrected chi connectivity index (χ2v) is 14.5. The summed E-state index contributed by atoms with van der Waals surface area (Å²) in [6, 6.07) is 46.5. The van der Waals surface area contributed by atoms with Crippen molar-refractivity contribution in [1.29, 1.82) is 0 Å². The van der Waals surface area contributed by atoms with Crippen molar-refractivity contribution in [3.05, 3.63) is 150 Å². The van der Waals surface area contributed by atoms with Crippen LogP contribution >= 0.6 is 11.1 Å². The molecule has 0 saturated heterocycles. The monoisotopic (exact) mass is 720 g/mol. The van der Waals surface area contributed by atoms with E-state index in [4.69, 9.17) is 11.1 Å². The molecular weight excluding hydrogens is 697 g/mol. The van der Waals surface area contributed by atoms with E-state index in [1.807, 2.05) is 0 Å².